The fraction of sp³-hybridized carbons (Fsp3) is 0.241. The second-order valence-electron chi connectivity index (χ2n) is 9.00. The number of thiazole rings is 1. The highest BCUT2D eigenvalue weighted by Gasteiger charge is 2.15. The standard InChI is InChI=1S/C29H27FN4O2S2/c1-3-9-31-15-20-4-6-23(33-16-20)27-14-24-29(38-27)26(8-10-32-24)36-25-7-5-19(12-22(25)30)11-21(35)13-28-34-18(2)17-37-28/h4-8,10,12,14,16-17,31H,3,9,11,13,15H2,1-2H3. The van der Waals surface area contributed by atoms with Gasteiger partial charge in [-0.3, -0.25) is 14.8 Å². The molecule has 1 aromatic carbocycles. The lowest BCUT2D eigenvalue weighted by Crippen LogP contribution is -2.13. The van der Waals surface area contributed by atoms with Crippen LogP contribution in [0, 0.1) is 12.7 Å². The van der Waals surface area contributed by atoms with E-state index in [0.717, 1.165) is 56.6 Å². The number of nitrogens with zero attached hydrogens (tertiary/aromatic N) is 3. The van der Waals surface area contributed by atoms with Gasteiger partial charge in [-0.2, -0.15) is 0 Å². The highest BCUT2D eigenvalue weighted by atomic mass is 32.1. The Labute approximate surface area is 228 Å². The van der Waals surface area contributed by atoms with Crippen LogP contribution < -0.4 is 10.1 Å². The molecule has 0 unspecified atom stereocenters. The van der Waals surface area contributed by atoms with Gasteiger partial charge in [-0.05, 0) is 55.3 Å². The number of ketones is 1. The molecule has 1 N–H and O–H groups in total. The van der Waals surface area contributed by atoms with Crippen LogP contribution in [0.15, 0.2) is 60.2 Å². The van der Waals surface area contributed by atoms with Gasteiger partial charge in [0.15, 0.2) is 11.6 Å². The van der Waals surface area contributed by atoms with Crippen molar-refractivity contribution in [2.45, 2.75) is 39.7 Å². The molecule has 0 bridgehead atoms. The van der Waals surface area contributed by atoms with Crippen molar-refractivity contribution in [2.75, 3.05) is 6.54 Å². The quantitative estimate of drug-likeness (QED) is 0.182. The zero-order valence-corrected chi connectivity index (χ0v) is 22.8. The third kappa shape index (κ3) is 6.30. The number of ether oxygens (including phenoxy) is 1. The third-order valence-corrected chi connectivity index (χ3v) is 7.97. The molecule has 0 amide bonds. The van der Waals surface area contributed by atoms with Crippen LogP contribution in [0.5, 0.6) is 11.5 Å². The van der Waals surface area contributed by atoms with Crippen molar-refractivity contribution in [3.63, 3.8) is 0 Å². The molecule has 0 aliphatic heterocycles. The number of aromatic nitrogens is 3. The molecular weight excluding hydrogens is 519 g/mol. The fourth-order valence-electron chi connectivity index (χ4n) is 4.00. The highest BCUT2D eigenvalue weighted by molar-refractivity contribution is 7.22. The Morgan fingerprint density at radius 1 is 1.05 bits per heavy atom. The number of hydrogen-bond acceptors (Lipinski definition) is 8. The van der Waals surface area contributed by atoms with Crippen molar-refractivity contribution in [1.29, 1.82) is 0 Å². The second kappa shape index (κ2) is 11.9. The molecule has 5 aromatic rings. The lowest BCUT2D eigenvalue weighted by molar-refractivity contribution is -0.117. The van der Waals surface area contributed by atoms with Gasteiger partial charge in [-0.1, -0.05) is 19.1 Å². The Morgan fingerprint density at radius 3 is 2.66 bits per heavy atom. The summed E-state index contributed by atoms with van der Waals surface area (Å²) in [5, 5.41) is 6.07. The summed E-state index contributed by atoms with van der Waals surface area (Å²) in [5.41, 5.74) is 4.25. The number of nitrogens with one attached hydrogen (secondary N) is 1. The first-order valence-electron chi connectivity index (χ1n) is 12.4. The molecule has 194 valence electrons. The van der Waals surface area contributed by atoms with Crippen LogP contribution in [-0.2, 0) is 24.2 Å². The van der Waals surface area contributed by atoms with E-state index in [4.69, 9.17) is 4.74 Å². The number of thiophene rings is 1. The van der Waals surface area contributed by atoms with Crippen LogP contribution in [0.3, 0.4) is 0 Å². The van der Waals surface area contributed by atoms with Crippen molar-refractivity contribution in [1.82, 2.24) is 20.3 Å². The minimum atomic E-state index is -0.518. The third-order valence-electron chi connectivity index (χ3n) is 5.84. The number of benzene rings is 1. The summed E-state index contributed by atoms with van der Waals surface area (Å²) < 4.78 is 21.8. The molecule has 38 heavy (non-hydrogen) atoms. The maximum Gasteiger partial charge on any atom is 0.166 e. The number of pyridine rings is 2. The van der Waals surface area contributed by atoms with Gasteiger partial charge < -0.3 is 10.1 Å². The average Bonchev–Trinajstić information content (AvgIpc) is 3.52. The number of carbonyl (C=O) groups excluding carboxylic acids is 1. The number of Topliss-reactive ketones (excluding diaryl/α,β-unsaturated/α-hetero) is 1. The molecule has 0 saturated carbocycles. The van der Waals surface area contributed by atoms with E-state index in [0.29, 0.717) is 11.3 Å². The minimum Gasteiger partial charge on any atom is -0.453 e. The first-order valence-corrected chi connectivity index (χ1v) is 14.1. The van der Waals surface area contributed by atoms with Crippen LogP contribution in [0.25, 0.3) is 20.8 Å². The molecule has 0 spiro atoms. The van der Waals surface area contributed by atoms with E-state index in [1.807, 2.05) is 30.6 Å². The average molecular weight is 547 g/mol. The lowest BCUT2D eigenvalue weighted by Gasteiger charge is -2.09. The normalized spacial score (nSPS) is 11.2. The molecule has 0 radical (unpaired) electrons. The number of hydrogen-bond donors (Lipinski definition) is 1. The van der Waals surface area contributed by atoms with Gasteiger partial charge in [0, 0.05) is 42.5 Å². The summed E-state index contributed by atoms with van der Waals surface area (Å²) in [5.74, 6) is 0.0964. The molecule has 5 rings (SSSR count). The van der Waals surface area contributed by atoms with Crippen LogP contribution in [-0.4, -0.2) is 27.3 Å². The molecule has 0 fully saturated rings. The molecule has 0 aliphatic carbocycles. The fourth-order valence-corrected chi connectivity index (χ4v) is 5.85. The zero-order chi connectivity index (χ0) is 26.5. The molecule has 0 aliphatic rings. The van der Waals surface area contributed by atoms with Gasteiger partial charge in [-0.15, -0.1) is 22.7 Å². The highest BCUT2D eigenvalue weighted by Crippen LogP contribution is 2.39. The lowest BCUT2D eigenvalue weighted by atomic mass is 10.1. The smallest absolute Gasteiger partial charge is 0.166 e. The topological polar surface area (TPSA) is 77.0 Å². The van der Waals surface area contributed by atoms with Crippen molar-refractivity contribution in [2.24, 2.45) is 0 Å². The van der Waals surface area contributed by atoms with Crippen LogP contribution >= 0.6 is 22.7 Å². The molecule has 6 nitrogen and oxygen atoms in total. The Bertz CT molecular complexity index is 1560. The Morgan fingerprint density at radius 2 is 1.92 bits per heavy atom. The maximum atomic E-state index is 15.0. The molecule has 9 heteroatoms. The van der Waals surface area contributed by atoms with E-state index in [1.165, 1.54) is 28.7 Å². The molecule has 4 aromatic heterocycles. The van der Waals surface area contributed by atoms with Crippen LogP contribution in [0.4, 0.5) is 4.39 Å². The SMILES string of the molecule is CCCNCc1ccc(-c2cc3nccc(Oc4ccc(CC(=O)Cc5nc(C)cs5)cc4F)c3s2)nc1. The largest absolute Gasteiger partial charge is 0.453 e. The predicted molar refractivity (Wildman–Crippen MR) is 151 cm³/mol. The predicted octanol–water partition coefficient (Wildman–Crippen LogP) is 6.91. The monoisotopic (exact) mass is 546 g/mol. The summed E-state index contributed by atoms with van der Waals surface area (Å²) in [6.07, 6.45) is 5.01. The summed E-state index contributed by atoms with van der Waals surface area (Å²) in [7, 11) is 0. The van der Waals surface area contributed by atoms with Gasteiger partial charge in [0.05, 0.1) is 27.2 Å². The number of halogens is 1. The van der Waals surface area contributed by atoms with Crippen molar-refractivity contribution in [3.05, 3.63) is 87.9 Å². The van der Waals surface area contributed by atoms with Gasteiger partial charge in [0.2, 0.25) is 0 Å². The van der Waals surface area contributed by atoms with E-state index < -0.39 is 5.82 Å². The molecule has 0 saturated heterocycles. The summed E-state index contributed by atoms with van der Waals surface area (Å²) in [4.78, 5) is 26.8. The summed E-state index contributed by atoms with van der Waals surface area (Å²) in [6.45, 7) is 5.80. The Hall–Kier alpha value is -3.53. The number of carbonyl (C=O) groups is 1. The zero-order valence-electron chi connectivity index (χ0n) is 21.2. The van der Waals surface area contributed by atoms with Crippen LogP contribution in [0.2, 0.25) is 0 Å². The van der Waals surface area contributed by atoms with Gasteiger partial charge in [0.1, 0.15) is 16.5 Å². The molecule has 0 atom stereocenters. The Kier molecular flexibility index (Phi) is 8.17. The molecular formula is C29H27FN4O2S2. The van der Waals surface area contributed by atoms with E-state index in [-0.39, 0.29) is 24.4 Å². The minimum absolute atomic E-state index is 0.00626. The first kappa shape index (κ1) is 26.1. The van der Waals surface area contributed by atoms with Crippen molar-refractivity contribution < 1.29 is 13.9 Å². The summed E-state index contributed by atoms with van der Waals surface area (Å²) in [6, 6.07) is 12.4. The van der Waals surface area contributed by atoms with E-state index in [2.05, 4.69) is 33.3 Å². The number of aryl methyl sites for hydroxylation is 1. The Balaban J connectivity index is 1.29. The van der Waals surface area contributed by atoms with Gasteiger partial charge in [-0.25, -0.2) is 9.37 Å². The maximum absolute atomic E-state index is 15.0. The van der Waals surface area contributed by atoms with E-state index >= 15 is 0 Å². The van der Waals surface area contributed by atoms with Crippen molar-refractivity contribution in [3.8, 4) is 22.1 Å². The second-order valence-corrected chi connectivity index (χ2v) is 11.0. The number of fused-ring (bicyclic) bond motifs is 1. The molecule has 4 heterocycles. The van der Waals surface area contributed by atoms with E-state index in [9.17, 15) is 9.18 Å². The summed E-state index contributed by atoms with van der Waals surface area (Å²) >= 11 is 2.97. The van der Waals surface area contributed by atoms with Gasteiger partial charge >= 0.3 is 0 Å². The first-order chi connectivity index (χ1) is 18.5. The van der Waals surface area contributed by atoms with E-state index in [1.54, 1.807) is 24.4 Å². The van der Waals surface area contributed by atoms with Crippen LogP contribution in [0.1, 0.15) is 35.2 Å². The van der Waals surface area contributed by atoms with Gasteiger partial charge in [0.25, 0.3) is 0 Å². The van der Waals surface area contributed by atoms with Crippen molar-refractivity contribution >= 4 is 38.7 Å². The number of rotatable bonds is 11.